The molecule has 6 nitrogen and oxygen atoms in total. The molecule has 1 atom stereocenters. The van der Waals surface area contributed by atoms with Gasteiger partial charge in [-0.05, 0) is 31.3 Å². The number of alkyl halides is 2. The van der Waals surface area contributed by atoms with Gasteiger partial charge < -0.3 is 5.32 Å². The van der Waals surface area contributed by atoms with E-state index >= 15 is 0 Å². The summed E-state index contributed by atoms with van der Waals surface area (Å²) >= 11 is 0. The van der Waals surface area contributed by atoms with E-state index in [1.807, 2.05) is 0 Å². The summed E-state index contributed by atoms with van der Waals surface area (Å²) in [5.74, 6) is -0.0725. The van der Waals surface area contributed by atoms with Gasteiger partial charge in [0, 0.05) is 26.0 Å². The lowest BCUT2D eigenvalue weighted by atomic mass is 9.77. The van der Waals surface area contributed by atoms with Crippen LogP contribution in [0.3, 0.4) is 0 Å². The molecule has 2 fully saturated rings. The lowest BCUT2D eigenvalue weighted by Gasteiger charge is -2.38. The summed E-state index contributed by atoms with van der Waals surface area (Å²) in [5, 5.41) is 5.67. The first kappa shape index (κ1) is 16.5. The lowest BCUT2D eigenvalue weighted by molar-refractivity contribution is -0.118. The molecular formula is C14H19F2N3O3S. The maximum Gasteiger partial charge on any atom is 0.282 e. The third kappa shape index (κ3) is 2.69. The summed E-state index contributed by atoms with van der Waals surface area (Å²) in [6.45, 7) is 1.32. The quantitative estimate of drug-likeness (QED) is 0.889. The van der Waals surface area contributed by atoms with Crippen molar-refractivity contribution < 1.29 is 22.0 Å². The number of nitrogens with one attached hydrogen (secondary N) is 1. The minimum atomic E-state index is -3.90. The van der Waals surface area contributed by atoms with Gasteiger partial charge in [0.1, 0.15) is 11.5 Å². The van der Waals surface area contributed by atoms with Crippen LogP contribution in [0.4, 0.5) is 8.78 Å². The van der Waals surface area contributed by atoms with Crippen molar-refractivity contribution in [1.29, 1.82) is 0 Å². The van der Waals surface area contributed by atoms with E-state index in [0.717, 1.165) is 10.7 Å². The zero-order chi connectivity index (χ0) is 16.8. The topological polar surface area (TPSA) is 81.1 Å². The summed E-state index contributed by atoms with van der Waals surface area (Å²) in [4.78, 5) is 12.0. The second-order valence-electron chi connectivity index (χ2n) is 6.40. The second-order valence-corrected chi connectivity index (χ2v) is 8.47. The summed E-state index contributed by atoms with van der Waals surface area (Å²) in [6, 6.07) is 0.928. The lowest BCUT2D eigenvalue weighted by Crippen LogP contribution is -2.44. The van der Waals surface area contributed by atoms with E-state index in [0.29, 0.717) is 25.9 Å². The molecular weight excluding hydrogens is 328 g/mol. The van der Waals surface area contributed by atoms with E-state index in [1.165, 1.54) is 7.05 Å². The molecule has 3 rings (SSSR count). The van der Waals surface area contributed by atoms with Crippen LogP contribution in [0.15, 0.2) is 11.1 Å². The Kier molecular flexibility index (Phi) is 4.04. The SMILES string of the molecule is Cn1nc(C(F)F)cc1S(=O)(=O)C1CC(=O)CC12CCNCC2. The Morgan fingerprint density at radius 3 is 2.61 bits per heavy atom. The molecule has 1 aliphatic heterocycles. The van der Waals surface area contributed by atoms with Gasteiger partial charge in [-0.1, -0.05) is 0 Å². The summed E-state index contributed by atoms with van der Waals surface area (Å²) < 4.78 is 52.7. The number of sulfone groups is 1. The van der Waals surface area contributed by atoms with Crippen molar-refractivity contribution in [2.75, 3.05) is 13.1 Å². The highest BCUT2D eigenvalue weighted by molar-refractivity contribution is 7.92. The number of halogens is 2. The van der Waals surface area contributed by atoms with Crippen LogP contribution in [-0.2, 0) is 21.7 Å². The van der Waals surface area contributed by atoms with Crippen molar-refractivity contribution in [2.45, 2.75) is 42.4 Å². The number of carbonyl (C=O) groups excluding carboxylic acids is 1. The fourth-order valence-corrected chi connectivity index (χ4v) is 6.22. The van der Waals surface area contributed by atoms with Crippen LogP contribution in [0.5, 0.6) is 0 Å². The molecule has 0 radical (unpaired) electrons. The smallest absolute Gasteiger partial charge is 0.282 e. The third-order valence-corrected chi connectivity index (χ3v) is 7.37. The zero-order valence-corrected chi connectivity index (χ0v) is 13.6. The number of piperidine rings is 1. The molecule has 0 aromatic carbocycles. The summed E-state index contributed by atoms with van der Waals surface area (Å²) in [7, 11) is -2.57. The van der Waals surface area contributed by atoms with Gasteiger partial charge in [0.05, 0.1) is 5.25 Å². The Morgan fingerprint density at radius 2 is 2.04 bits per heavy atom. The van der Waals surface area contributed by atoms with E-state index in [2.05, 4.69) is 10.4 Å². The molecule has 1 aromatic rings. The number of carbonyl (C=O) groups is 1. The molecule has 128 valence electrons. The van der Waals surface area contributed by atoms with Crippen molar-refractivity contribution in [3.63, 3.8) is 0 Å². The maximum absolute atomic E-state index is 13.0. The predicted molar refractivity (Wildman–Crippen MR) is 77.9 cm³/mol. The molecule has 1 unspecified atom stereocenters. The molecule has 1 aliphatic carbocycles. The Hall–Kier alpha value is -1.35. The summed E-state index contributed by atoms with van der Waals surface area (Å²) in [5.41, 5.74) is -1.15. The first-order valence-corrected chi connectivity index (χ1v) is 9.09. The zero-order valence-electron chi connectivity index (χ0n) is 12.8. The first-order valence-electron chi connectivity index (χ1n) is 7.55. The first-order chi connectivity index (χ1) is 10.8. The van der Waals surface area contributed by atoms with E-state index in [1.54, 1.807) is 0 Å². The fraction of sp³-hybridized carbons (Fsp3) is 0.714. The van der Waals surface area contributed by atoms with E-state index in [-0.39, 0.29) is 23.7 Å². The number of aromatic nitrogens is 2. The highest BCUT2D eigenvalue weighted by Gasteiger charge is 2.54. The van der Waals surface area contributed by atoms with Crippen molar-refractivity contribution in [3.05, 3.63) is 11.8 Å². The molecule has 1 saturated heterocycles. The van der Waals surface area contributed by atoms with E-state index in [4.69, 9.17) is 0 Å². The van der Waals surface area contributed by atoms with Crippen LogP contribution < -0.4 is 5.32 Å². The molecule has 1 N–H and O–H groups in total. The summed E-state index contributed by atoms with van der Waals surface area (Å²) in [6.07, 6.45) is -1.43. The molecule has 1 aromatic heterocycles. The number of rotatable bonds is 3. The Labute approximate surface area is 133 Å². The van der Waals surface area contributed by atoms with Gasteiger partial charge in [-0.25, -0.2) is 17.2 Å². The Bertz CT molecular complexity index is 724. The van der Waals surface area contributed by atoms with E-state index < -0.39 is 32.6 Å². The van der Waals surface area contributed by atoms with Gasteiger partial charge >= 0.3 is 0 Å². The van der Waals surface area contributed by atoms with Gasteiger partial charge in [-0.2, -0.15) is 5.10 Å². The van der Waals surface area contributed by atoms with Crippen molar-refractivity contribution >= 4 is 15.6 Å². The van der Waals surface area contributed by atoms with Crippen molar-refractivity contribution in [1.82, 2.24) is 15.1 Å². The number of nitrogens with zero attached hydrogens (tertiary/aromatic N) is 2. The molecule has 23 heavy (non-hydrogen) atoms. The number of hydrogen-bond acceptors (Lipinski definition) is 5. The van der Waals surface area contributed by atoms with Crippen LogP contribution >= 0.6 is 0 Å². The molecule has 1 spiro atoms. The monoisotopic (exact) mass is 347 g/mol. The van der Waals surface area contributed by atoms with Gasteiger partial charge in [0.2, 0.25) is 0 Å². The van der Waals surface area contributed by atoms with Gasteiger partial charge in [0.15, 0.2) is 14.9 Å². The number of aryl methyl sites for hydroxylation is 1. The molecule has 1 saturated carbocycles. The van der Waals surface area contributed by atoms with Crippen LogP contribution in [0.25, 0.3) is 0 Å². The molecule has 0 amide bonds. The Morgan fingerprint density at radius 1 is 1.39 bits per heavy atom. The largest absolute Gasteiger partial charge is 0.317 e. The number of hydrogen-bond donors (Lipinski definition) is 1. The standard InChI is InChI=1S/C14H19F2N3O3S/c1-19-12(7-10(18-19)13(15)16)23(21,22)11-6-9(20)8-14(11)2-4-17-5-3-14/h7,11,13,17H,2-6,8H2,1H3. The number of ketones is 1. The van der Waals surface area contributed by atoms with Gasteiger partial charge in [-0.3, -0.25) is 9.48 Å². The molecule has 9 heteroatoms. The van der Waals surface area contributed by atoms with Gasteiger partial charge in [-0.15, -0.1) is 0 Å². The van der Waals surface area contributed by atoms with Gasteiger partial charge in [0.25, 0.3) is 6.43 Å². The average molecular weight is 347 g/mol. The minimum absolute atomic E-state index is 0.0441. The molecule has 0 bridgehead atoms. The van der Waals surface area contributed by atoms with Crippen LogP contribution in [0, 0.1) is 5.41 Å². The van der Waals surface area contributed by atoms with Crippen LogP contribution in [0.1, 0.15) is 37.8 Å². The average Bonchev–Trinajstić information content (AvgIpc) is 3.02. The minimum Gasteiger partial charge on any atom is -0.317 e. The van der Waals surface area contributed by atoms with Crippen molar-refractivity contribution in [2.24, 2.45) is 12.5 Å². The van der Waals surface area contributed by atoms with Crippen molar-refractivity contribution in [3.8, 4) is 0 Å². The molecule has 2 aliphatic rings. The Balaban J connectivity index is 2.03. The highest BCUT2D eigenvalue weighted by atomic mass is 32.2. The number of Topliss-reactive ketones (excluding diaryl/α,β-unsaturated/α-hetero) is 1. The highest BCUT2D eigenvalue weighted by Crippen LogP contribution is 2.48. The molecule has 2 heterocycles. The maximum atomic E-state index is 13.0. The second kappa shape index (κ2) is 5.62. The fourth-order valence-electron chi connectivity index (χ4n) is 3.85. The predicted octanol–water partition coefficient (Wildman–Crippen LogP) is 1.23. The van der Waals surface area contributed by atoms with Crippen LogP contribution in [0.2, 0.25) is 0 Å². The normalized spacial score (nSPS) is 24.7. The van der Waals surface area contributed by atoms with Crippen LogP contribution in [-0.4, -0.2) is 42.3 Å². The third-order valence-electron chi connectivity index (χ3n) is 4.99. The van der Waals surface area contributed by atoms with E-state index in [9.17, 15) is 22.0 Å².